The van der Waals surface area contributed by atoms with Crippen molar-refractivity contribution in [2.45, 2.75) is 6.42 Å². The topological polar surface area (TPSA) is 58.6 Å². The van der Waals surface area contributed by atoms with E-state index in [1.165, 1.54) is 4.90 Å². The smallest absolute Gasteiger partial charge is 0.294 e. The number of halogens is 2. The quantitative estimate of drug-likeness (QED) is 0.461. The molecule has 1 N–H and O–H groups in total. The van der Waals surface area contributed by atoms with E-state index >= 15 is 0 Å². The third kappa shape index (κ3) is 5.21. The molecule has 32 heavy (non-hydrogen) atoms. The van der Waals surface area contributed by atoms with E-state index < -0.39 is 0 Å². The van der Waals surface area contributed by atoms with Crippen molar-refractivity contribution >= 4 is 51.1 Å². The Balaban J connectivity index is 1.48. The highest BCUT2D eigenvalue weighted by Gasteiger charge is 2.31. The van der Waals surface area contributed by atoms with Crippen LogP contribution in [0.1, 0.15) is 11.1 Å². The number of nitrogens with one attached hydrogen (secondary N) is 1. The first-order valence-electron chi connectivity index (χ1n) is 10.1. The van der Waals surface area contributed by atoms with Crippen LogP contribution in [-0.4, -0.2) is 24.9 Å². The highest BCUT2D eigenvalue weighted by atomic mass is 79.9. The first kappa shape index (κ1) is 22.1. The van der Waals surface area contributed by atoms with Crippen LogP contribution in [-0.2, 0) is 16.0 Å². The van der Waals surface area contributed by atoms with Crippen LogP contribution in [0.5, 0.6) is 5.75 Å². The van der Waals surface area contributed by atoms with Crippen molar-refractivity contribution in [3.8, 4) is 5.75 Å². The summed E-state index contributed by atoms with van der Waals surface area (Å²) >= 11 is 9.39. The van der Waals surface area contributed by atoms with Crippen molar-refractivity contribution in [2.24, 2.45) is 0 Å². The van der Waals surface area contributed by atoms with Gasteiger partial charge in [-0.05, 0) is 54.0 Å². The zero-order valence-corrected chi connectivity index (χ0v) is 19.4. The van der Waals surface area contributed by atoms with E-state index in [4.69, 9.17) is 16.3 Å². The predicted octanol–water partition coefficient (Wildman–Crippen LogP) is 5.23. The summed E-state index contributed by atoms with van der Waals surface area (Å²) in [5.74, 6) is 0.0699. The maximum atomic E-state index is 13.2. The van der Waals surface area contributed by atoms with Gasteiger partial charge in [-0.25, -0.2) is 0 Å². The number of hydrogen-bond donors (Lipinski definition) is 1. The van der Waals surface area contributed by atoms with Crippen LogP contribution >= 0.6 is 27.5 Å². The molecular weight excluding hydrogens is 492 g/mol. The lowest BCUT2D eigenvalue weighted by atomic mass is 10.1. The van der Waals surface area contributed by atoms with Gasteiger partial charge in [-0.1, -0.05) is 70.0 Å². The van der Waals surface area contributed by atoms with Crippen LogP contribution in [0.3, 0.4) is 0 Å². The average molecular weight is 512 g/mol. The van der Waals surface area contributed by atoms with Crippen molar-refractivity contribution in [1.29, 1.82) is 0 Å². The van der Waals surface area contributed by atoms with Gasteiger partial charge in [-0.2, -0.15) is 0 Å². The van der Waals surface area contributed by atoms with Gasteiger partial charge in [0.1, 0.15) is 6.54 Å². The Morgan fingerprint density at radius 3 is 2.53 bits per heavy atom. The Morgan fingerprint density at radius 1 is 1.03 bits per heavy atom. The molecule has 5 nitrogen and oxygen atoms in total. The summed E-state index contributed by atoms with van der Waals surface area (Å²) in [6.45, 7) is 0.355. The third-order valence-electron chi connectivity index (χ3n) is 4.97. The zero-order valence-electron chi connectivity index (χ0n) is 17.1. The van der Waals surface area contributed by atoms with Crippen molar-refractivity contribution in [3.63, 3.8) is 0 Å². The number of carbonyl (C=O) groups is 2. The average Bonchev–Trinajstić information content (AvgIpc) is 2.79. The molecule has 0 aliphatic carbocycles. The molecule has 2 amide bonds. The van der Waals surface area contributed by atoms with E-state index in [-0.39, 0.29) is 24.1 Å². The molecule has 162 valence electrons. The minimum Gasteiger partial charge on any atom is -0.449 e. The van der Waals surface area contributed by atoms with Gasteiger partial charge >= 0.3 is 0 Å². The van der Waals surface area contributed by atoms with Crippen molar-refractivity contribution in [3.05, 3.63) is 99.2 Å². The third-order valence-corrected chi connectivity index (χ3v) is 5.95. The molecule has 0 bridgehead atoms. The molecule has 1 aliphatic rings. The van der Waals surface area contributed by atoms with Crippen LogP contribution in [0.15, 0.2) is 83.0 Å². The molecule has 0 radical (unpaired) electrons. The largest absolute Gasteiger partial charge is 0.449 e. The number of hydrogen-bond acceptors (Lipinski definition) is 3. The standard InChI is InChI=1S/C25H20BrClN2O3/c26-20-6-2-1-5-18(20)15-23-25(31)29(21-7-3-4-8-22(21)32-23)16-24(30)28-14-13-17-9-11-19(27)12-10-17/h1-12,15H,13-14,16H2,(H,28,30). The van der Waals surface area contributed by atoms with Gasteiger partial charge in [0.05, 0.1) is 5.69 Å². The maximum Gasteiger partial charge on any atom is 0.294 e. The minimum absolute atomic E-state index is 0.104. The summed E-state index contributed by atoms with van der Waals surface area (Å²) in [4.78, 5) is 27.3. The molecule has 0 atom stereocenters. The number of rotatable bonds is 6. The molecule has 1 aliphatic heterocycles. The summed E-state index contributed by atoms with van der Waals surface area (Å²) < 4.78 is 6.71. The van der Waals surface area contributed by atoms with E-state index in [0.717, 1.165) is 15.6 Å². The second kappa shape index (κ2) is 10.0. The molecule has 4 rings (SSSR count). The van der Waals surface area contributed by atoms with Gasteiger partial charge in [-0.3, -0.25) is 14.5 Å². The number of nitrogens with zero attached hydrogens (tertiary/aromatic N) is 1. The fraction of sp³-hybridized carbons (Fsp3) is 0.120. The van der Waals surface area contributed by atoms with Crippen molar-refractivity contribution in [1.82, 2.24) is 5.32 Å². The molecule has 3 aromatic carbocycles. The first-order valence-corrected chi connectivity index (χ1v) is 11.2. The fourth-order valence-corrected chi connectivity index (χ4v) is 3.87. The van der Waals surface area contributed by atoms with E-state index in [9.17, 15) is 9.59 Å². The number of carbonyl (C=O) groups excluding carboxylic acids is 2. The molecular formula is C25H20BrClN2O3. The summed E-state index contributed by atoms with van der Waals surface area (Å²) in [6.07, 6.45) is 2.34. The summed E-state index contributed by atoms with van der Waals surface area (Å²) in [6, 6.07) is 22.2. The van der Waals surface area contributed by atoms with Gasteiger partial charge in [0.15, 0.2) is 11.5 Å². The SMILES string of the molecule is O=C(CN1C(=O)C(=Cc2ccccc2Br)Oc2ccccc21)NCCc1ccc(Cl)cc1. The van der Waals surface area contributed by atoms with E-state index in [0.29, 0.717) is 29.4 Å². The maximum absolute atomic E-state index is 13.2. The fourth-order valence-electron chi connectivity index (χ4n) is 3.35. The van der Waals surface area contributed by atoms with Gasteiger partial charge in [0.2, 0.25) is 5.91 Å². The van der Waals surface area contributed by atoms with Crippen LogP contribution in [0.25, 0.3) is 6.08 Å². The number of fused-ring (bicyclic) bond motifs is 1. The summed E-state index contributed by atoms with van der Waals surface area (Å²) in [7, 11) is 0. The van der Waals surface area contributed by atoms with Crippen LogP contribution < -0.4 is 15.0 Å². The molecule has 0 unspecified atom stereocenters. The molecule has 0 saturated carbocycles. The van der Waals surface area contributed by atoms with Crippen LogP contribution in [0.4, 0.5) is 5.69 Å². The summed E-state index contributed by atoms with van der Waals surface area (Å²) in [5, 5.41) is 3.56. The monoisotopic (exact) mass is 510 g/mol. The van der Waals surface area contributed by atoms with Crippen LogP contribution in [0, 0.1) is 0 Å². The molecule has 0 spiro atoms. The van der Waals surface area contributed by atoms with Gasteiger partial charge in [0.25, 0.3) is 5.91 Å². The normalized spacial score (nSPS) is 14.1. The number of para-hydroxylation sites is 2. The Bertz CT molecular complexity index is 1180. The minimum atomic E-state index is -0.368. The highest BCUT2D eigenvalue weighted by Crippen LogP contribution is 2.35. The van der Waals surface area contributed by atoms with E-state index in [1.807, 2.05) is 60.7 Å². The lowest BCUT2D eigenvalue weighted by Gasteiger charge is -2.30. The Hall–Kier alpha value is -3.09. The molecule has 1 heterocycles. The first-order chi connectivity index (χ1) is 15.5. The second-order valence-electron chi connectivity index (χ2n) is 7.22. The number of amides is 2. The van der Waals surface area contributed by atoms with Gasteiger partial charge < -0.3 is 10.1 Å². The molecule has 0 saturated heterocycles. The second-order valence-corrected chi connectivity index (χ2v) is 8.51. The lowest BCUT2D eigenvalue weighted by molar-refractivity contribution is -0.123. The Labute approximate surface area is 199 Å². The van der Waals surface area contributed by atoms with Crippen LogP contribution in [0.2, 0.25) is 5.02 Å². The number of ether oxygens (including phenoxy) is 1. The molecule has 0 aromatic heterocycles. The molecule has 0 fully saturated rings. The summed E-state index contributed by atoms with van der Waals surface area (Å²) in [5.41, 5.74) is 2.44. The van der Waals surface area contributed by atoms with E-state index in [2.05, 4.69) is 21.2 Å². The predicted molar refractivity (Wildman–Crippen MR) is 130 cm³/mol. The Morgan fingerprint density at radius 2 is 1.75 bits per heavy atom. The number of anilines is 1. The lowest BCUT2D eigenvalue weighted by Crippen LogP contribution is -2.44. The molecule has 3 aromatic rings. The van der Waals surface area contributed by atoms with Crippen molar-refractivity contribution in [2.75, 3.05) is 18.0 Å². The highest BCUT2D eigenvalue weighted by molar-refractivity contribution is 9.10. The zero-order chi connectivity index (χ0) is 22.5. The van der Waals surface area contributed by atoms with Crippen molar-refractivity contribution < 1.29 is 14.3 Å². The Kier molecular flexibility index (Phi) is 6.93. The van der Waals surface area contributed by atoms with Gasteiger partial charge in [-0.15, -0.1) is 0 Å². The van der Waals surface area contributed by atoms with E-state index in [1.54, 1.807) is 18.2 Å². The van der Waals surface area contributed by atoms with Gasteiger partial charge in [0, 0.05) is 16.0 Å². The molecule has 7 heteroatoms. The number of benzene rings is 3.